The van der Waals surface area contributed by atoms with Gasteiger partial charge in [0.2, 0.25) is 0 Å². The topological polar surface area (TPSA) is 0 Å². The smallest absolute Gasteiger partial charge is 0.0237 e. The molecule has 0 bridgehead atoms. The summed E-state index contributed by atoms with van der Waals surface area (Å²) in [6, 6.07) is 0. The fourth-order valence-electron chi connectivity index (χ4n) is 3.99. The molecule has 0 heterocycles. The Bertz CT molecular complexity index is 494. The van der Waals surface area contributed by atoms with Crippen LogP contribution >= 0.6 is 0 Å². The van der Waals surface area contributed by atoms with E-state index in [2.05, 4.69) is 71.9 Å². The number of rotatable bonds is 0. The normalized spacial score (nSPS) is 41.2. The molecule has 0 nitrogen and oxygen atoms in total. The minimum atomic E-state index is 0.291. The summed E-state index contributed by atoms with van der Waals surface area (Å²) in [6.07, 6.45) is 12.8. The maximum Gasteiger partial charge on any atom is 0.0237 e. The van der Waals surface area contributed by atoms with Gasteiger partial charge in [-0.15, -0.1) is 0 Å². The third kappa shape index (κ3) is 1.73. The van der Waals surface area contributed by atoms with Crippen molar-refractivity contribution in [1.29, 1.82) is 0 Å². The molecule has 1 unspecified atom stereocenters. The van der Waals surface area contributed by atoms with E-state index in [1.165, 1.54) is 34.3 Å². The molecule has 2 rings (SSSR count). The van der Waals surface area contributed by atoms with Crippen LogP contribution in [-0.2, 0) is 0 Å². The van der Waals surface area contributed by atoms with Crippen LogP contribution in [-0.4, -0.2) is 0 Å². The lowest BCUT2D eigenvalue weighted by molar-refractivity contribution is 0.650. The van der Waals surface area contributed by atoms with Gasteiger partial charge in [0.1, 0.15) is 0 Å². The summed E-state index contributed by atoms with van der Waals surface area (Å²) in [4.78, 5) is 0. The van der Waals surface area contributed by atoms with Gasteiger partial charge in [0, 0.05) is 5.41 Å². The second kappa shape index (κ2) is 5.00. The van der Waals surface area contributed by atoms with Crippen LogP contribution in [0.3, 0.4) is 0 Å². The highest BCUT2D eigenvalue weighted by Gasteiger charge is 2.59. The van der Waals surface area contributed by atoms with Gasteiger partial charge in [0.25, 0.3) is 0 Å². The van der Waals surface area contributed by atoms with Crippen LogP contribution in [0.25, 0.3) is 0 Å². The highest BCUT2D eigenvalue weighted by Crippen LogP contribution is 2.69. The van der Waals surface area contributed by atoms with Crippen molar-refractivity contribution in [3.8, 4) is 0 Å². The van der Waals surface area contributed by atoms with Gasteiger partial charge in [0.05, 0.1) is 0 Å². The molecule has 2 saturated carbocycles. The summed E-state index contributed by atoms with van der Waals surface area (Å²) in [5.41, 5.74) is 7.64. The average Bonchev–Trinajstić information content (AvgIpc) is 3.08. The highest BCUT2D eigenvalue weighted by molar-refractivity contribution is 5.73. The molecule has 0 aromatic rings. The largest absolute Gasteiger partial charge is 0.0829 e. The zero-order chi connectivity index (χ0) is 14.2. The molecule has 2 atom stereocenters. The molecular weight excluding hydrogens is 228 g/mol. The van der Waals surface area contributed by atoms with Crippen LogP contribution in [0.4, 0.5) is 0 Å². The third-order valence-corrected chi connectivity index (χ3v) is 4.87. The van der Waals surface area contributed by atoms with Gasteiger partial charge in [-0.2, -0.15) is 0 Å². The van der Waals surface area contributed by atoms with Crippen LogP contribution in [0.15, 0.2) is 58.2 Å². The molecule has 2 aliphatic carbocycles. The molecule has 0 heteroatoms. The highest BCUT2D eigenvalue weighted by atomic mass is 14.6. The predicted molar refractivity (Wildman–Crippen MR) is 85.0 cm³/mol. The second-order valence-electron chi connectivity index (χ2n) is 5.59. The van der Waals surface area contributed by atoms with Gasteiger partial charge in [-0.25, -0.2) is 0 Å². The van der Waals surface area contributed by atoms with Crippen LogP contribution in [0.2, 0.25) is 0 Å². The van der Waals surface area contributed by atoms with E-state index in [0.29, 0.717) is 5.41 Å². The maximum atomic E-state index is 2.38. The SMILES string of the molecule is CC=C1C(=C\C)/C(=C\C)C2(C[C@H]2C)C(=C\C)/C1=C\C. The van der Waals surface area contributed by atoms with Crippen LogP contribution in [0, 0.1) is 11.3 Å². The second-order valence-corrected chi connectivity index (χ2v) is 5.59. The van der Waals surface area contributed by atoms with E-state index in [0.717, 1.165) is 5.92 Å². The lowest BCUT2D eigenvalue weighted by atomic mass is 9.67. The summed E-state index contributed by atoms with van der Waals surface area (Å²) >= 11 is 0. The Morgan fingerprint density at radius 3 is 1.32 bits per heavy atom. The number of hydrogen-bond donors (Lipinski definition) is 0. The standard InChI is InChI=1S/C19H26/c1-7-14-15(8-2)17(10-4)19(12-13(19)6)18(11-5)16(14)9-3/h7-11,13H,12H2,1-6H3/b14-7?,15-8-,16-9+,17-10-,18-11+/t13-,19?/m1/s1. The fraction of sp³-hybridized carbons (Fsp3) is 0.474. The van der Waals surface area contributed by atoms with Crippen LogP contribution < -0.4 is 0 Å². The summed E-state index contributed by atoms with van der Waals surface area (Å²) in [6.45, 7) is 13.2. The maximum absolute atomic E-state index is 2.38. The first-order valence-corrected chi connectivity index (χ1v) is 7.46. The van der Waals surface area contributed by atoms with E-state index >= 15 is 0 Å². The van der Waals surface area contributed by atoms with Crippen molar-refractivity contribution in [1.82, 2.24) is 0 Å². The summed E-state index contributed by atoms with van der Waals surface area (Å²) < 4.78 is 0. The molecule has 2 fully saturated rings. The van der Waals surface area contributed by atoms with Gasteiger partial charge < -0.3 is 0 Å². The Balaban J connectivity index is 2.74. The molecule has 19 heavy (non-hydrogen) atoms. The van der Waals surface area contributed by atoms with E-state index in [9.17, 15) is 0 Å². The fourth-order valence-corrected chi connectivity index (χ4v) is 3.99. The van der Waals surface area contributed by atoms with Crippen molar-refractivity contribution >= 4 is 0 Å². The zero-order valence-electron chi connectivity index (χ0n) is 13.2. The first-order valence-electron chi connectivity index (χ1n) is 7.46. The Morgan fingerprint density at radius 2 is 1.11 bits per heavy atom. The van der Waals surface area contributed by atoms with Gasteiger partial charge >= 0.3 is 0 Å². The molecule has 0 aromatic carbocycles. The molecule has 0 radical (unpaired) electrons. The van der Waals surface area contributed by atoms with Crippen molar-refractivity contribution in [2.75, 3.05) is 0 Å². The van der Waals surface area contributed by atoms with Gasteiger partial charge in [0.15, 0.2) is 0 Å². The molecule has 2 aliphatic rings. The Morgan fingerprint density at radius 1 is 0.737 bits per heavy atom. The molecule has 0 aromatic heterocycles. The van der Waals surface area contributed by atoms with Crippen molar-refractivity contribution < 1.29 is 0 Å². The van der Waals surface area contributed by atoms with Crippen LogP contribution in [0.5, 0.6) is 0 Å². The predicted octanol–water partition coefficient (Wildman–Crippen LogP) is 5.76. The molecule has 102 valence electrons. The van der Waals surface area contributed by atoms with Crippen molar-refractivity contribution in [3.05, 3.63) is 58.2 Å². The molecule has 1 spiro atoms. The van der Waals surface area contributed by atoms with Crippen molar-refractivity contribution in [2.45, 2.75) is 48.0 Å². The van der Waals surface area contributed by atoms with Gasteiger partial charge in [-0.3, -0.25) is 0 Å². The average molecular weight is 254 g/mol. The summed E-state index contributed by atoms with van der Waals surface area (Å²) in [7, 11) is 0. The third-order valence-electron chi connectivity index (χ3n) is 4.87. The minimum absolute atomic E-state index is 0.291. The number of allylic oxidation sites excluding steroid dienone is 10. The Labute approximate surface area is 118 Å². The summed E-state index contributed by atoms with van der Waals surface area (Å²) in [5.74, 6) is 0.758. The molecule has 0 amide bonds. The first kappa shape index (κ1) is 14.1. The summed E-state index contributed by atoms with van der Waals surface area (Å²) in [5, 5.41) is 0. The zero-order valence-corrected chi connectivity index (χ0v) is 13.2. The molecule has 0 saturated heterocycles. The van der Waals surface area contributed by atoms with Crippen molar-refractivity contribution in [3.63, 3.8) is 0 Å². The number of hydrogen-bond acceptors (Lipinski definition) is 0. The van der Waals surface area contributed by atoms with E-state index in [-0.39, 0.29) is 0 Å². The molecule has 0 aliphatic heterocycles. The van der Waals surface area contributed by atoms with E-state index in [1.807, 2.05) is 0 Å². The first-order chi connectivity index (χ1) is 9.12. The Kier molecular flexibility index (Phi) is 3.71. The minimum Gasteiger partial charge on any atom is -0.0829 e. The van der Waals surface area contributed by atoms with E-state index in [4.69, 9.17) is 0 Å². The molecule has 0 N–H and O–H groups in total. The van der Waals surface area contributed by atoms with E-state index < -0.39 is 0 Å². The quantitative estimate of drug-likeness (QED) is 0.515. The van der Waals surface area contributed by atoms with Crippen molar-refractivity contribution in [2.24, 2.45) is 11.3 Å². The van der Waals surface area contributed by atoms with Gasteiger partial charge in [-0.05, 0) is 74.8 Å². The lowest BCUT2D eigenvalue weighted by Crippen LogP contribution is -2.22. The van der Waals surface area contributed by atoms with Gasteiger partial charge in [-0.1, -0.05) is 37.3 Å². The Hall–Kier alpha value is -1.30. The van der Waals surface area contributed by atoms with E-state index in [1.54, 1.807) is 0 Å². The molecular formula is C19H26. The van der Waals surface area contributed by atoms with Crippen LogP contribution in [0.1, 0.15) is 48.0 Å². The lowest BCUT2D eigenvalue weighted by Gasteiger charge is -2.36. The monoisotopic (exact) mass is 254 g/mol.